The molecule has 1 N–H and O–H groups in total. The maximum absolute atomic E-state index is 12.6. The average molecular weight is 350 g/mol. The van der Waals surface area contributed by atoms with Crippen molar-refractivity contribution in [2.75, 3.05) is 29.9 Å². The molecule has 132 valence electrons. The molecule has 0 bridgehead atoms. The van der Waals surface area contributed by atoms with Gasteiger partial charge in [-0.2, -0.15) is 18.3 Å². The summed E-state index contributed by atoms with van der Waals surface area (Å²) in [5.41, 5.74) is 1.45. The zero-order valence-corrected chi connectivity index (χ0v) is 13.4. The first kappa shape index (κ1) is 16.0. The topological polar surface area (TPSA) is 66.8 Å². The fourth-order valence-corrected chi connectivity index (χ4v) is 3.22. The van der Waals surface area contributed by atoms with E-state index in [0.29, 0.717) is 12.5 Å². The van der Waals surface area contributed by atoms with Gasteiger partial charge in [-0.15, -0.1) is 5.10 Å². The van der Waals surface area contributed by atoms with E-state index in [2.05, 4.69) is 36.4 Å². The third-order valence-corrected chi connectivity index (χ3v) is 4.62. The molecule has 4 rings (SSSR count). The molecule has 2 aromatic heterocycles. The Morgan fingerprint density at radius 1 is 1.12 bits per heavy atom. The number of rotatable bonds is 4. The highest BCUT2D eigenvalue weighted by atomic mass is 19.4. The number of aromatic nitrogens is 4. The van der Waals surface area contributed by atoms with Gasteiger partial charge in [-0.05, 0) is 30.9 Å². The van der Waals surface area contributed by atoms with Crippen molar-refractivity contribution < 1.29 is 13.2 Å². The van der Waals surface area contributed by atoms with Crippen LogP contribution >= 0.6 is 0 Å². The summed E-state index contributed by atoms with van der Waals surface area (Å²) in [5.74, 6) is 1.41. The van der Waals surface area contributed by atoms with Gasteiger partial charge in [-0.1, -0.05) is 0 Å². The van der Waals surface area contributed by atoms with Crippen molar-refractivity contribution in [2.24, 2.45) is 5.92 Å². The number of aryl methyl sites for hydroxylation is 2. The van der Waals surface area contributed by atoms with Crippen LogP contribution in [-0.2, 0) is 19.0 Å². The largest absolute Gasteiger partial charge is 0.433 e. The number of nitrogens with zero attached hydrogens (tertiary/aromatic N) is 5. The van der Waals surface area contributed by atoms with E-state index in [1.807, 2.05) is 0 Å². The minimum absolute atomic E-state index is 0.193. The molecule has 1 saturated heterocycles. The SMILES string of the molecule is FC(F)(F)c1cc(NCC2CN(c3cc4c(nn3)CCC4)C2)ncn1. The summed E-state index contributed by atoms with van der Waals surface area (Å²) >= 11 is 0. The van der Waals surface area contributed by atoms with Crippen LogP contribution in [0.5, 0.6) is 0 Å². The van der Waals surface area contributed by atoms with Crippen molar-refractivity contribution in [1.82, 2.24) is 20.2 Å². The number of alkyl halides is 3. The van der Waals surface area contributed by atoms with Gasteiger partial charge in [0.15, 0.2) is 5.82 Å². The van der Waals surface area contributed by atoms with Crippen LogP contribution < -0.4 is 10.2 Å². The van der Waals surface area contributed by atoms with Crippen molar-refractivity contribution in [3.63, 3.8) is 0 Å². The Labute approximate surface area is 142 Å². The Hall–Kier alpha value is -2.45. The van der Waals surface area contributed by atoms with Crippen LogP contribution in [-0.4, -0.2) is 39.8 Å². The van der Waals surface area contributed by atoms with Crippen molar-refractivity contribution in [3.05, 3.63) is 35.4 Å². The molecule has 0 saturated carbocycles. The van der Waals surface area contributed by atoms with E-state index in [-0.39, 0.29) is 5.82 Å². The Bertz CT molecular complexity index is 773. The summed E-state index contributed by atoms with van der Waals surface area (Å²) in [6.07, 6.45) is -0.323. The van der Waals surface area contributed by atoms with Crippen LogP contribution in [0.25, 0.3) is 0 Å². The first-order valence-corrected chi connectivity index (χ1v) is 8.22. The van der Waals surface area contributed by atoms with Crippen LogP contribution in [0.1, 0.15) is 23.4 Å². The van der Waals surface area contributed by atoms with Gasteiger partial charge >= 0.3 is 6.18 Å². The predicted octanol–water partition coefficient (Wildman–Crippen LogP) is 2.32. The molecule has 0 amide bonds. The van der Waals surface area contributed by atoms with E-state index < -0.39 is 11.9 Å². The van der Waals surface area contributed by atoms with Crippen molar-refractivity contribution in [2.45, 2.75) is 25.4 Å². The number of halogens is 3. The number of fused-ring (bicyclic) bond motifs is 1. The molecule has 0 unspecified atom stereocenters. The van der Waals surface area contributed by atoms with Gasteiger partial charge in [0.05, 0.1) is 5.69 Å². The highest BCUT2D eigenvalue weighted by Gasteiger charge is 2.33. The zero-order chi connectivity index (χ0) is 17.4. The molecule has 1 aliphatic carbocycles. The van der Waals surface area contributed by atoms with E-state index in [4.69, 9.17) is 0 Å². The van der Waals surface area contributed by atoms with Crippen LogP contribution in [0.3, 0.4) is 0 Å². The summed E-state index contributed by atoms with van der Waals surface area (Å²) in [6.45, 7) is 2.17. The lowest BCUT2D eigenvalue weighted by molar-refractivity contribution is -0.141. The molecule has 0 aromatic carbocycles. The molecule has 0 atom stereocenters. The second-order valence-electron chi connectivity index (χ2n) is 6.47. The maximum atomic E-state index is 12.6. The smallest absolute Gasteiger partial charge is 0.370 e. The lowest BCUT2D eigenvalue weighted by atomic mass is 10.00. The van der Waals surface area contributed by atoms with Crippen LogP contribution in [0.2, 0.25) is 0 Å². The van der Waals surface area contributed by atoms with E-state index in [1.165, 1.54) is 5.56 Å². The first-order chi connectivity index (χ1) is 12.0. The molecule has 25 heavy (non-hydrogen) atoms. The second-order valence-corrected chi connectivity index (χ2v) is 6.47. The Morgan fingerprint density at radius 3 is 2.76 bits per heavy atom. The predicted molar refractivity (Wildman–Crippen MR) is 85.3 cm³/mol. The van der Waals surface area contributed by atoms with E-state index in [9.17, 15) is 13.2 Å². The molecule has 2 aromatic rings. The molecular weight excluding hydrogens is 333 g/mol. The number of hydrogen-bond acceptors (Lipinski definition) is 6. The molecule has 1 fully saturated rings. The van der Waals surface area contributed by atoms with Gasteiger partial charge in [0, 0.05) is 31.6 Å². The van der Waals surface area contributed by atoms with Crippen LogP contribution in [0.15, 0.2) is 18.5 Å². The molecular formula is C16H17F3N6. The lowest BCUT2D eigenvalue weighted by Gasteiger charge is -2.40. The van der Waals surface area contributed by atoms with Crippen LogP contribution in [0, 0.1) is 5.92 Å². The quantitative estimate of drug-likeness (QED) is 0.913. The van der Waals surface area contributed by atoms with Gasteiger partial charge in [-0.3, -0.25) is 0 Å². The van der Waals surface area contributed by atoms with Crippen molar-refractivity contribution >= 4 is 11.6 Å². The normalized spacial score (nSPS) is 17.3. The minimum Gasteiger partial charge on any atom is -0.370 e. The maximum Gasteiger partial charge on any atom is 0.433 e. The summed E-state index contributed by atoms with van der Waals surface area (Å²) in [5, 5.41) is 11.5. The molecule has 6 nitrogen and oxygen atoms in total. The van der Waals surface area contributed by atoms with E-state index in [0.717, 1.165) is 56.3 Å². The van der Waals surface area contributed by atoms with E-state index in [1.54, 1.807) is 0 Å². The first-order valence-electron chi connectivity index (χ1n) is 8.22. The number of anilines is 2. The minimum atomic E-state index is -4.46. The summed E-state index contributed by atoms with van der Waals surface area (Å²) < 4.78 is 37.9. The highest BCUT2D eigenvalue weighted by Crippen LogP contribution is 2.29. The monoisotopic (exact) mass is 350 g/mol. The van der Waals surface area contributed by atoms with Gasteiger partial charge in [0.25, 0.3) is 0 Å². The van der Waals surface area contributed by atoms with Gasteiger partial charge in [0.2, 0.25) is 0 Å². The van der Waals surface area contributed by atoms with Crippen LogP contribution in [0.4, 0.5) is 24.8 Å². The highest BCUT2D eigenvalue weighted by molar-refractivity contribution is 5.45. The molecule has 3 heterocycles. The molecule has 0 spiro atoms. The summed E-state index contributed by atoms with van der Waals surface area (Å²) in [7, 11) is 0. The standard InChI is InChI=1S/C16H17F3N6/c17-16(18,19)13-5-14(22-9-21-13)20-6-10-7-25(8-10)15-4-11-2-1-3-12(11)23-24-15/h4-5,9-10H,1-3,6-8H2,(H,20,21,22). The van der Waals surface area contributed by atoms with Crippen molar-refractivity contribution in [3.8, 4) is 0 Å². The molecule has 2 aliphatic rings. The Kier molecular flexibility index (Phi) is 3.93. The van der Waals surface area contributed by atoms with Gasteiger partial charge in [0.1, 0.15) is 17.8 Å². The summed E-state index contributed by atoms with van der Waals surface area (Å²) in [6, 6.07) is 3.04. The molecule has 9 heteroatoms. The zero-order valence-electron chi connectivity index (χ0n) is 13.4. The van der Waals surface area contributed by atoms with E-state index >= 15 is 0 Å². The Morgan fingerprint density at radius 2 is 1.96 bits per heavy atom. The van der Waals surface area contributed by atoms with Gasteiger partial charge in [-0.25, -0.2) is 9.97 Å². The van der Waals surface area contributed by atoms with Crippen molar-refractivity contribution in [1.29, 1.82) is 0 Å². The second kappa shape index (κ2) is 6.12. The third kappa shape index (κ3) is 3.35. The molecule has 1 aliphatic heterocycles. The average Bonchev–Trinajstić information content (AvgIpc) is 3.00. The fraction of sp³-hybridized carbons (Fsp3) is 0.500. The molecule has 0 radical (unpaired) electrons. The third-order valence-electron chi connectivity index (χ3n) is 4.62. The summed E-state index contributed by atoms with van der Waals surface area (Å²) in [4.78, 5) is 9.23. The Balaban J connectivity index is 1.30. The lowest BCUT2D eigenvalue weighted by Crippen LogP contribution is -2.50. The van der Waals surface area contributed by atoms with Gasteiger partial charge < -0.3 is 10.2 Å². The number of hydrogen-bond donors (Lipinski definition) is 1. The number of nitrogens with one attached hydrogen (secondary N) is 1. The fourth-order valence-electron chi connectivity index (χ4n) is 3.22.